The van der Waals surface area contributed by atoms with E-state index >= 15 is 0 Å². The van der Waals surface area contributed by atoms with Gasteiger partial charge in [0, 0.05) is 13.1 Å². The molecular weight excluding hydrogens is 320 g/mol. The van der Waals surface area contributed by atoms with E-state index in [0.29, 0.717) is 49.3 Å². The number of esters is 1. The van der Waals surface area contributed by atoms with Gasteiger partial charge in [0.05, 0.1) is 29.2 Å². The lowest BCUT2D eigenvalue weighted by Gasteiger charge is -2.32. The molecule has 2 aromatic rings. The summed E-state index contributed by atoms with van der Waals surface area (Å²) in [5, 5.41) is 11.5. The molecule has 23 heavy (non-hydrogen) atoms. The van der Waals surface area contributed by atoms with Crippen LogP contribution in [0.1, 0.15) is 19.8 Å². The molecule has 2 heterocycles. The number of ether oxygens (including phenoxy) is 1. The first-order chi connectivity index (χ1) is 11.1. The van der Waals surface area contributed by atoms with Gasteiger partial charge in [0.1, 0.15) is 11.2 Å². The van der Waals surface area contributed by atoms with E-state index in [-0.39, 0.29) is 17.6 Å². The van der Waals surface area contributed by atoms with Gasteiger partial charge in [-0.15, -0.1) is 0 Å². The van der Waals surface area contributed by atoms with E-state index in [9.17, 15) is 14.9 Å². The van der Waals surface area contributed by atoms with E-state index < -0.39 is 4.92 Å². The molecule has 3 rings (SSSR count). The topological polar surface area (TPSA) is 98.5 Å². The lowest BCUT2D eigenvalue weighted by atomic mass is 9.96. The number of rotatable bonds is 4. The van der Waals surface area contributed by atoms with Crippen LogP contribution in [0.5, 0.6) is 0 Å². The highest BCUT2D eigenvalue weighted by Gasteiger charge is 2.30. The molecule has 9 heteroatoms. The van der Waals surface area contributed by atoms with E-state index in [1.807, 2.05) is 4.90 Å². The number of benzene rings is 1. The first-order valence-electron chi connectivity index (χ1n) is 7.43. The second-order valence-electron chi connectivity index (χ2n) is 5.34. The first-order valence-corrected chi connectivity index (χ1v) is 8.16. The van der Waals surface area contributed by atoms with Crippen molar-refractivity contribution in [3.63, 3.8) is 0 Å². The molecule has 8 nitrogen and oxygen atoms in total. The summed E-state index contributed by atoms with van der Waals surface area (Å²) in [6.45, 7) is 3.31. The quantitative estimate of drug-likeness (QED) is 0.480. The SMILES string of the molecule is CCOC(=O)C1CCN(c2ccc3nsnc3c2[N+](=O)[O-])CC1. The van der Waals surface area contributed by atoms with Gasteiger partial charge in [0.15, 0.2) is 5.52 Å². The molecule has 0 aliphatic carbocycles. The standard InChI is InChI=1S/C14H16N4O4S/c1-2-22-14(19)9-5-7-17(8-6-9)11-4-3-10-12(16-23-15-10)13(11)18(20)21/h3-4,9H,2,5-8H2,1H3. The average molecular weight is 336 g/mol. The Hall–Kier alpha value is -2.29. The molecule has 0 radical (unpaired) electrons. The van der Waals surface area contributed by atoms with Gasteiger partial charge in [-0.25, -0.2) is 0 Å². The minimum Gasteiger partial charge on any atom is -0.466 e. The van der Waals surface area contributed by atoms with Crippen molar-refractivity contribution in [1.29, 1.82) is 0 Å². The molecule has 0 N–H and O–H groups in total. The predicted octanol–water partition coefficient (Wildman–Crippen LogP) is 2.38. The Kier molecular flexibility index (Phi) is 4.37. The van der Waals surface area contributed by atoms with Gasteiger partial charge in [-0.3, -0.25) is 14.9 Å². The van der Waals surface area contributed by atoms with Crippen molar-refractivity contribution in [1.82, 2.24) is 8.75 Å². The second kappa shape index (κ2) is 6.45. The fourth-order valence-electron chi connectivity index (χ4n) is 2.88. The smallest absolute Gasteiger partial charge is 0.321 e. The molecular formula is C14H16N4O4S. The van der Waals surface area contributed by atoms with E-state index in [1.54, 1.807) is 19.1 Å². The molecule has 1 aliphatic heterocycles. The van der Waals surface area contributed by atoms with E-state index in [2.05, 4.69) is 8.75 Å². The van der Waals surface area contributed by atoms with Crippen LogP contribution in [0.25, 0.3) is 11.0 Å². The van der Waals surface area contributed by atoms with Gasteiger partial charge in [0.2, 0.25) is 0 Å². The van der Waals surface area contributed by atoms with Gasteiger partial charge in [-0.1, -0.05) is 0 Å². The number of nitro benzene ring substituents is 1. The lowest BCUT2D eigenvalue weighted by molar-refractivity contribution is -0.382. The summed E-state index contributed by atoms with van der Waals surface area (Å²) in [4.78, 5) is 24.8. The van der Waals surface area contributed by atoms with Crippen LogP contribution in [-0.4, -0.2) is 39.3 Å². The van der Waals surface area contributed by atoms with Crippen LogP contribution in [0.3, 0.4) is 0 Å². The number of nitrogens with zero attached hydrogens (tertiary/aromatic N) is 4. The zero-order valence-electron chi connectivity index (χ0n) is 12.6. The minimum atomic E-state index is -0.406. The second-order valence-corrected chi connectivity index (χ2v) is 5.86. The zero-order valence-corrected chi connectivity index (χ0v) is 13.4. The molecule has 0 amide bonds. The number of anilines is 1. The Morgan fingerprint density at radius 2 is 2.17 bits per heavy atom. The van der Waals surface area contributed by atoms with Gasteiger partial charge < -0.3 is 9.64 Å². The van der Waals surface area contributed by atoms with Gasteiger partial charge >= 0.3 is 11.7 Å². The van der Waals surface area contributed by atoms with Crippen LogP contribution < -0.4 is 4.90 Å². The van der Waals surface area contributed by atoms with E-state index in [0.717, 1.165) is 11.7 Å². The summed E-state index contributed by atoms with van der Waals surface area (Å²) in [6.07, 6.45) is 1.26. The third-order valence-electron chi connectivity index (χ3n) is 4.02. The summed E-state index contributed by atoms with van der Waals surface area (Å²) in [7, 11) is 0. The van der Waals surface area contributed by atoms with E-state index in [4.69, 9.17) is 4.74 Å². The molecule has 0 atom stereocenters. The number of fused-ring (bicyclic) bond motifs is 1. The number of carbonyl (C=O) groups is 1. The summed E-state index contributed by atoms with van der Waals surface area (Å²) in [6, 6.07) is 3.46. The number of piperidine rings is 1. The van der Waals surface area contributed by atoms with Crippen LogP contribution in [0, 0.1) is 16.0 Å². The van der Waals surface area contributed by atoms with Crippen LogP contribution in [0.15, 0.2) is 12.1 Å². The Labute approximate surface area is 136 Å². The first kappa shape index (κ1) is 15.6. The maximum atomic E-state index is 11.8. The largest absolute Gasteiger partial charge is 0.466 e. The summed E-state index contributed by atoms with van der Waals surface area (Å²) in [5.41, 5.74) is 1.39. The third-order valence-corrected chi connectivity index (χ3v) is 4.56. The Morgan fingerprint density at radius 1 is 1.43 bits per heavy atom. The summed E-state index contributed by atoms with van der Waals surface area (Å²) >= 11 is 0.965. The van der Waals surface area contributed by atoms with Crippen LogP contribution in [0.4, 0.5) is 11.4 Å². The van der Waals surface area contributed by atoms with Crippen LogP contribution >= 0.6 is 11.7 Å². The summed E-state index contributed by atoms with van der Waals surface area (Å²) < 4.78 is 13.2. The van der Waals surface area contributed by atoms with Crippen molar-refractivity contribution < 1.29 is 14.5 Å². The number of nitro groups is 1. The normalized spacial score (nSPS) is 15.8. The van der Waals surface area contributed by atoms with Crippen LogP contribution in [0.2, 0.25) is 0 Å². The number of aromatic nitrogens is 2. The van der Waals surface area contributed by atoms with Gasteiger partial charge in [-0.05, 0) is 31.9 Å². The van der Waals surface area contributed by atoms with Crippen molar-refractivity contribution in [3.8, 4) is 0 Å². The Bertz CT molecular complexity index is 739. The zero-order chi connectivity index (χ0) is 16.4. The fourth-order valence-corrected chi connectivity index (χ4v) is 3.42. The van der Waals surface area contributed by atoms with E-state index in [1.165, 1.54) is 0 Å². The Balaban J connectivity index is 1.83. The van der Waals surface area contributed by atoms with Crippen molar-refractivity contribution in [2.24, 2.45) is 5.92 Å². The maximum absolute atomic E-state index is 11.8. The predicted molar refractivity (Wildman–Crippen MR) is 85.6 cm³/mol. The molecule has 0 saturated carbocycles. The Morgan fingerprint density at radius 3 is 2.83 bits per heavy atom. The van der Waals surface area contributed by atoms with Crippen molar-refractivity contribution >= 4 is 40.1 Å². The molecule has 0 spiro atoms. The van der Waals surface area contributed by atoms with Gasteiger partial charge in [0.25, 0.3) is 0 Å². The molecule has 1 fully saturated rings. The van der Waals surface area contributed by atoms with Crippen molar-refractivity contribution in [2.75, 3.05) is 24.6 Å². The molecule has 1 saturated heterocycles. The molecule has 122 valence electrons. The number of hydrogen-bond donors (Lipinski definition) is 0. The highest BCUT2D eigenvalue weighted by atomic mass is 32.1. The fraction of sp³-hybridized carbons (Fsp3) is 0.500. The lowest BCUT2D eigenvalue weighted by Crippen LogP contribution is -2.37. The average Bonchev–Trinajstić information content (AvgIpc) is 3.02. The van der Waals surface area contributed by atoms with Gasteiger partial charge in [-0.2, -0.15) is 8.75 Å². The third kappa shape index (κ3) is 2.96. The highest BCUT2D eigenvalue weighted by molar-refractivity contribution is 7.00. The van der Waals surface area contributed by atoms with Crippen molar-refractivity contribution in [2.45, 2.75) is 19.8 Å². The van der Waals surface area contributed by atoms with Crippen molar-refractivity contribution in [3.05, 3.63) is 22.2 Å². The molecule has 1 aromatic carbocycles. The molecule has 0 unspecified atom stereocenters. The van der Waals surface area contributed by atoms with Crippen LogP contribution in [-0.2, 0) is 9.53 Å². The minimum absolute atomic E-state index is 0.00849. The number of carbonyl (C=O) groups excluding carboxylic acids is 1. The monoisotopic (exact) mass is 336 g/mol. The number of hydrogen-bond acceptors (Lipinski definition) is 8. The molecule has 1 aromatic heterocycles. The maximum Gasteiger partial charge on any atom is 0.321 e. The molecule has 0 bridgehead atoms. The highest BCUT2D eigenvalue weighted by Crippen LogP contribution is 2.36. The molecule has 1 aliphatic rings. The summed E-state index contributed by atoms with van der Waals surface area (Å²) in [5.74, 6) is -0.310.